The summed E-state index contributed by atoms with van der Waals surface area (Å²) in [7, 11) is 2.08. The van der Waals surface area contributed by atoms with E-state index in [2.05, 4.69) is 17.7 Å². The summed E-state index contributed by atoms with van der Waals surface area (Å²) in [5.41, 5.74) is 1.01. The Balaban J connectivity index is 1.38. The number of carbonyl (C=O) groups is 1. The Hall–Kier alpha value is -1.55. The molecule has 0 aromatic heterocycles. The molecule has 4 saturated carbocycles. The van der Waals surface area contributed by atoms with E-state index in [4.69, 9.17) is 4.74 Å². The van der Waals surface area contributed by atoms with Crippen LogP contribution in [0, 0.1) is 17.8 Å². The Labute approximate surface area is 138 Å². The van der Waals surface area contributed by atoms with Crippen LogP contribution in [0.2, 0.25) is 0 Å². The molecular weight excluding hydrogens is 288 g/mol. The second-order valence-corrected chi connectivity index (χ2v) is 7.75. The van der Waals surface area contributed by atoms with Crippen LogP contribution in [0.4, 0.5) is 4.79 Å². The Bertz CT molecular complexity index is 558. The zero-order valence-electron chi connectivity index (χ0n) is 13.8. The number of amides is 1. The van der Waals surface area contributed by atoms with Gasteiger partial charge in [-0.3, -0.25) is 0 Å². The van der Waals surface area contributed by atoms with Gasteiger partial charge in [0.25, 0.3) is 0 Å². The number of benzene rings is 1. The minimum Gasteiger partial charge on any atom is -0.445 e. The lowest BCUT2D eigenvalue weighted by Gasteiger charge is -2.59. The summed E-state index contributed by atoms with van der Waals surface area (Å²) in [6.45, 7) is 0.345. The zero-order chi connectivity index (χ0) is 15.9. The fraction of sp³-hybridized carbons (Fsp3) is 0.632. The SMILES string of the molecule is CN[C@H]1C2CC3CC1C[C@@](NC(=O)OCc1ccccc1)(C3)C2. The highest BCUT2D eigenvalue weighted by molar-refractivity contribution is 5.68. The fourth-order valence-electron chi connectivity index (χ4n) is 5.62. The zero-order valence-corrected chi connectivity index (χ0v) is 13.8. The monoisotopic (exact) mass is 314 g/mol. The first-order valence-corrected chi connectivity index (χ1v) is 8.83. The number of rotatable bonds is 4. The molecule has 0 saturated heterocycles. The standard InChI is InChI=1S/C19H26N2O2/c1-20-17-15-7-14-8-16(17)11-19(9-14,10-15)21-18(22)23-12-13-5-3-2-4-6-13/h2-6,14-17,20H,7-12H2,1H3,(H,21,22)/t14?,15?,16?,17-,19+. The summed E-state index contributed by atoms with van der Waals surface area (Å²) in [5.74, 6) is 2.20. The normalized spacial score (nSPS) is 37.6. The maximum Gasteiger partial charge on any atom is 0.407 e. The number of ether oxygens (including phenoxy) is 1. The van der Waals surface area contributed by atoms with E-state index in [1.54, 1.807) is 0 Å². The first-order chi connectivity index (χ1) is 11.2. The topological polar surface area (TPSA) is 50.4 Å². The van der Waals surface area contributed by atoms with Gasteiger partial charge >= 0.3 is 6.09 Å². The minimum atomic E-state index is -0.253. The van der Waals surface area contributed by atoms with Gasteiger partial charge < -0.3 is 15.4 Å². The lowest BCUT2D eigenvalue weighted by Crippen LogP contribution is -2.65. The van der Waals surface area contributed by atoms with Crippen molar-refractivity contribution in [1.82, 2.24) is 10.6 Å². The van der Waals surface area contributed by atoms with E-state index in [-0.39, 0.29) is 11.6 Å². The van der Waals surface area contributed by atoms with Crippen LogP contribution in [-0.4, -0.2) is 24.7 Å². The molecule has 2 N–H and O–H groups in total. The molecule has 0 heterocycles. The van der Waals surface area contributed by atoms with Crippen molar-refractivity contribution in [3.63, 3.8) is 0 Å². The fourth-order valence-corrected chi connectivity index (χ4v) is 5.62. The second kappa shape index (κ2) is 5.82. The van der Waals surface area contributed by atoms with Crippen LogP contribution in [0.15, 0.2) is 30.3 Å². The third-order valence-electron chi connectivity index (χ3n) is 6.19. The first-order valence-electron chi connectivity index (χ1n) is 8.83. The first kappa shape index (κ1) is 15.0. The molecule has 23 heavy (non-hydrogen) atoms. The Kier molecular flexibility index (Phi) is 3.80. The molecule has 0 aliphatic heterocycles. The smallest absolute Gasteiger partial charge is 0.407 e. The van der Waals surface area contributed by atoms with Gasteiger partial charge in [0, 0.05) is 11.6 Å². The molecule has 1 aromatic rings. The molecule has 4 aliphatic rings. The molecule has 4 nitrogen and oxygen atoms in total. The number of hydrogen-bond acceptors (Lipinski definition) is 3. The molecule has 4 heteroatoms. The molecule has 2 atom stereocenters. The van der Waals surface area contributed by atoms with Gasteiger partial charge in [-0.1, -0.05) is 30.3 Å². The lowest BCUT2D eigenvalue weighted by atomic mass is 9.51. The molecule has 124 valence electrons. The van der Waals surface area contributed by atoms with E-state index >= 15 is 0 Å². The quantitative estimate of drug-likeness (QED) is 0.898. The maximum absolute atomic E-state index is 12.3. The van der Waals surface area contributed by atoms with Gasteiger partial charge in [0.15, 0.2) is 0 Å². The molecule has 0 radical (unpaired) electrons. The van der Waals surface area contributed by atoms with Gasteiger partial charge in [0.05, 0.1) is 0 Å². The molecule has 5 rings (SSSR count). The van der Waals surface area contributed by atoms with Crippen LogP contribution >= 0.6 is 0 Å². The van der Waals surface area contributed by atoms with E-state index in [1.165, 1.54) is 12.8 Å². The third-order valence-corrected chi connectivity index (χ3v) is 6.19. The largest absolute Gasteiger partial charge is 0.445 e. The summed E-state index contributed by atoms with van der Waals surface area (Å²) in [6.07, 6.45) is 5.74. The van der Waals surface area contributed by atoms with Gasteiger partial charge in [-0.25, -0.2) is 4.79 Å². The molecule has 1 amide bonds. The van der Waals surface area contributed by atoms with Gasteiger partial charge in [0.1, 0.15) is 6.61 Å². The van der Waals surface area contributed by atoms with Crippen molar-refractivity contribution >= 4 is 6.09 Å². The van der Waals surface area contributed by atoms with Crippen LogP contribution < -0.4 is 10.6 Å². The Morgan fingerprint density at radius 1 is 1.17 bits per heavy atom. The van der Waals surface area contributed by atoms with E-state index < -0.39 is 0 Å². The number of alkyl carbamates (subject to hydrolysis) is 1. The van der Waals surface area contributed by atoms with Crippen LogP contribution in [-0.2, 0) is 11.3 Å². The van der Waals surface area contributed by atoms with Gasteiger partial charge in [-0.05, 0) is 62.5 Å². The van der Waals surface area contributed by atoms with Crippen LogP contribution in [0.3, 0.4) is 0 Å². The molecule has 4 fully saturated rings. The van der Waals surface area contributed by atoms with Crippen molar-refractivity contribution in [2.75, 3.05) is 7.05 Å². The molecule has 2 unspecified atom stereocenters. The van der Waals surface area contributed by atoms with E-state index in [0.717, 1.165) is 30.7 Å². The van der Waals surface area contributed by atoms with E-state index in [9.17, 15) is 4.79 Å². The van der Waals surface area contributed by atoms with Gasteiger partial charge in [0.2, 0.25) is 0 Å². The minimum absolute atomic E-state index is 0.0162. The Morgan fingerprint density at radius 2 is 1.87 bits per heavy atom. The predicted molar refractivity (Wildman–Crippen MR) is 88.9 cm³/mol. The lowest BCUT2D eigenvalue weighted by molar-refractivity contribution is -0.0434. The summed E-state index contributed by atoms with van der Waals surface area (Å²) in [5, 5.41) is 6.77. The van der Waals surface area contributed by atoms with Crippen molar-refractivity contribution in [3.8, 4) is 0 Å². The third kappa shape index (κ3) is 2.85. The van der Waals surface area contributed by atoms with Crippen molar-refractivity contribution in [3.05, 3.63) is 35.9 Å². The highest BCUT2D eigenvalue weighted by Crippen LogP contribution is 2.55. The molecule has 1 aromatic carbocycles. The van der Waals surface area contributed by atoms with Crippen molar-refractivity contribution < 1.29 is 9.53 Å². The second-order valence-electron chi connectivity index (χ2n) is 7.75. The van der Waals surface area contributed by atoms with Crippen molar-refractivity contribution in [2.45, 2.75) is 50.3 Å². The average Bonchev–Trinajstić information content (AvgIpc) is 2.53. The molecule has 4 aliphatic carbocycles. The van der Waals surface area contributed by atoms with E-state index in [1.807, 2.05) is 30.3 Å². The highest BCUT2D eigenvalue weighted by Gasteiger charge is 2.55. The maximum atomic E-state index is 12.3. The number of hydrogen-bond donors (Lipinski definition) is 2. The van der Waals surface area contributed by atoms with E-state index in [0.29, 0.717) is 24.5 Å². The van der Waals surface area contributed by atoms with Crippen LogP contribution in [0.25, 0.3) is 0 Å². The summed E-state index contributed by atoms with van der Waals surface area (Å²) >= 11 is 0. The van der Waals surface area contributed by atoms with Crippen molar-refractivity contribution in [1.29, 1.82) is 0 Å². The number of nitrogens with one attached hydrogen (secondary N) is 2. The Morgan fingerprint density at radius 3 is 2.52 bits per heavy atom. The van der Waals surface area contributed by atoms with Crippen LogP contribution in [0.1, 0.15) is 37.7 Å². The van der Waals surface area contributed by atoms with Gasteiger partial charge in [-0.15, -0.1) is 0 Å². The van der Waals surface area contributed by atoms with Gasteiger partial charge in [-0.2, -0.15) is 0 Å². The van der Waals surface area contributed by atoms with Crippen LogP contribution in [0.5, 0.6) is 0 Å². The molecular formula is C19H26N2O2. The number of carbonyl (C=O) groups excluding carboxylic acids is 1. The van der Waals surface area contributed by atoms with Crippen molar-refractivity contribution in [2.24, 2.45) is 17.8 Å². The molecule has 4 bridgehead atoms. The summed E-state index contributed by atoms with van der Waals surface area (Å²) < 4.78 is 5.45. The molecule has 0 spiro atoms. The summed E-state index contributed by atoms with van der Waals surface area (Å²) in [4.78, 5) is 12.3. The summed E-state index contributed by atoms with van der Waals surface area (Å²) in [6, 6.07) is 10.5. The highest BCUT2D eigenvalue weighted by atomic mass is 16.5. The average molecular weight is 314 g/mol. The predicted octanol–water partition coefficient (Wildman–Crippen LogP) is 3.08.